The fraction of sp³-hybridized carbons (Fsp3) is 0.118. The van der Waals surface area contributed by atoms with Gasteiger partial charge < -0.3 is 4.57 Å². The van der Waals surface area contributed by atoms with Gasteiger partial charge in [0.05, 0.1) is 5.69 Å². The lowest BCUT2D eigenvalue weighted by Crippen LogP contribution is -2.54. The maximum Gasteiger partial charge on any atom is 0.335 e. The first-order valence-electron chi connectivity index (χ1n) is 7.18. The van der Waals surface area contributed by atoms with Gasteiger partial charge in [-0.2, -0.15) is 0 Å². The number of carbonyl (C=O) groups is 3. The Morgan fingerprint density at radius 1 is 1.12 bits per heavy atom. The molecular weight excluding hydrogens is 330 g/mol. The largest absolute Gasteiger partial charge is 0.348 e. The fourth-order valence-electron chi connectivity index (χ4n) is 2.43. The van der Waals surface area contributed by atoms with Crippen LogP contribution < -0.4 is 10.2 Å². The number of benzene rings is 1. The highest BCUT2D eigenvalue weighted by Crippen LogP contribution is 2.24. The molecule has 4 amide bonds. The van der Waals surface area contributed by atoms with E-state index in [0.717, 1.165) is 10.6 Å². The minimum atomic E-state index is -0.799. The van der Waals surface area contributed by atoms with E-state index in [2.05, 4.69) is 5.32 Å². The first kappa shape index (κ1) is 16.0. The summed E-state index contributed by atoms with van der Waals surface area (Å²) in [6, 6.07) is 9.18. The van der Waals surface area contributed by atoms with Crippen molar-refractivity contribution in [3.05, 3.63) is 58.4 Å². The number of imide groups is 2. The number of barbiturate groups is 1. The van der Waals surface area contributed by atoms with Crippen molar-refractivity contribution in [1.82, 2.24) is 9.88 Å². The molecule has 0 bridgehead atoms. The molecule has 1 aromatic heterocycles. The topological polar surface area (TPSA) is 71.4 Å². The Morgan fingerprint density at radius 3 is 2.50 bits per heavy atom. The second-order valence-electron chi connectivity index (χ2n) is 5.40. The summed E-state index contributed by atoms with van der Waals surface area (Å²) in [6.45, 7) is 1.91. The van der Waals surface area contributed by atoms with Crippen LogP contribution in [0.2, 0.25) is 5.02 Å². The van der Waals surface area contributed by atoms with Crippen molar-refractivity contribution >= 4 is 41.2 Å². The molecule has 1 aliphatic rings. The summed E-state index contributed by atoms with van der Waals surface area (Å²) in [6.07, 6.45) is 1.47. The van der Waals surface area contributed by atoms with Gasteiger partial charge in [-0.25, -0.2) is 9.69 Å². The molecule has 3 rings (SSSR count). The van der Waals surface area contributed by atoms with Gasteiger partial charge in [-0.05, 0) is 43.3 Å². The number of aromatic nitrogens is 1. The zero-order valence-electron chi connectivity index (χ0n) is 13.0. The minimum absolute atomic E-state index is 0.115. The second kappa shape index (κ2) is 5.98. The molecule has 0 spiro atoms. The van der Waals surface area contributed by atoms with Crippen molar-refractivity contribution in [3.63, 3.8) is 0 Å². The molecule has 0 saturated carbocycles. The summed E-state index contributed by atoms with van der Waals surface area (Å²) in [5.41, 5.74) is 1.85. The Bertz CT molecular complexity index is 898. The third-order valence-corrected chi connectivity index (χ3v) is 4.11. The number of hydrogen-bond acceptors (Lipinski definition) is 3. The van der Waals surface area contributed by atoms with E-state index in [0.29, 0.717) is 16.4 Å². The van der Waals surface area contributed by atoms with Gasteiger partial charge in [-0.15, -0.1) is 0 Å². The number of hydrogen-bond donors (Lipinski definition) is 1. The van der Waals surface area contributed by atoms with Gasteiger partial charge in [0.1, 0.15) is 5.57 Å². The Balaban J connectivity index is 2.05. The molecule has 1 fully saturated rings. The predicted octanol–water partition coefficient (Wildman–Crippen LogP) is 2.65. The van der Waals surface area contributed by atoms with E-state index < -0.39 is 17.8 Å². The van der Waals surface area contributed by atoms with Crippen LogP contribution in [0.3, 0.4) is 0 Å². The smallest absolute Gasteiger partial charge is 0.335 e. The molecule has 1 saturated heterocycles. The number of amides is 4. The zero-order valence-corrected chi connectivity index (χ0v) is 13.8. The number of urea groups is 1. The first-order chi connectivity index (χ1) is 11.4. The van der Waals surface area contributed by atoms with Gasteiger partial charge in [-0.3, -0.25) is 14.9 Å². The lowest BCUT2D eigenvalue weighted by molar-refractivity contribution is -0.122. The Labute approximate surface area is 143 Å². The number of anilines is 1. The summed E-state index contributed by atoms with van der Waals surface area (Å²) < 4.78 is 1.84. The average molecular weight is 344 g/mol. The Kier molecular flexibility index (Phi) is 3.99. The van der Waals surface area contributed by atoms with Crippen LogP contribution >= 0.6 is 11.6 Å². The summed E-state index contributed by atoms with van der Waals surface area (Å²) in [4.78, 5) is 37.8. The van der Waals surface area contributed by atoms with Gasteiger partial charge in [0.25, 0.3) is 11.8 Å². The quantitative estimate of drug-likeness (QED) is 0.673. The molecule has 2 aromatic rings. The highest BCUT2D eigenvalue weighted by atomic mass is 35.5. The number of aryl methyl sites for hydroxylation is 1. The third kappa shape index (κ3) is 2.72. The molecule has 6 nitrogen and oxygen atoms in total. The first-order valence-corrected chi connectivity index (χ1v) is 7.55. The Hall–Kier alpha value is -2.86. The highest BCUT2D eigenvalue weighted by Gasteiger charge is 2.37. The highest BCUT2D eigenvalue weighted by molar-refractivity contribution is 6.39. The molecule has 1 aliphatic heterocycles. The van der Waals surface area contributed by atoms with Crippen molar-refractivity contribution in [2.24, 2.45) is 7.05 Å². The summed E-state index contributed by atoms with van der Waals surface area (Å²) >= 11 is 5.92. The molecule has 7 heteroatoms. The van der Waals surface area contributed by atoms with E-state index in [1.54, 1.807) is 24.3 Å². The summed E-state index contributed by atoms with van der Waals surface area (Å²) in [5.74, 6) is -1.41. The average Bonchev–Trinajstić information content (AvgIpc) is 2.83. The maximum atomic E-state index is 12.7. The van der Waals surface area contributed by atoms with Crippen LogP contribution in [0.25, 0.3) is 6.08 Å². The van der Waals surface area contributed by atoms with Crippen LogP contribution in [0.5, 0.6) is 0 Å². The number of rotatable bonds is 2. The standard InChI is InChI=1S/C17H14ClN3O3/c1-10-6-7-12(20(10)2)9-14-15(22)19-17(24)21(16(14)23)13-5-3-4-11(18)8-13/h3-9H,1-2H3,(H,19,22,24)/b14-9+. The fourth-order valence-corrected chi connectivity index (χ4v) is 2.62. The number of nitrogens with zero attached hydrogens (tertiary/aromatic N) is 2. The molecule has 0 atom stereocenters. The molecule has 1 N–H and O–H groups in total. The SMILES string of the molecule is Cc1ccc(/C=C2\C(=O)NC(=O)N(c3cccc(Cl)c3)C2=O)n1C. The third-order valence-electron chi connectivity index (χ3n) is 3.87. The van der Waals surface area contributed by atoms with Crippen LogP contribution in [0.15, 0.2) is 42.0 Å². The van der Waals surface area contributed by atoms with Gasteiger partial charge >= 0.3 is 6.03 Å². The summed E-state index contributed by atoms with van der Waals surface area (Å²) in [7, 11) is 1.83. The van der Waals surface area contributed by atoms with Crippen LogP contribution in [0.4, 0.5) is 10.5 Å². The molecule has 0 unspecified atom stereocenters. The van der Waals surface area contributed by atoms with Gasteiger partial charge in [0.2, 0.25) is 0 Å². The Morgan fingerprint density at radius 2 is 1.88 bits per heavy atom. The number of nitrogens with one attached hydrogen (secondary N) is 1. The van der Waals surface area contributed by atoms with Crippen molar-refractivity contribution in [3.8, 4) is 0 Å². The van der Waals surface area contributed by atoms with Crippen molar-refractivity contribution in [2.45, 2.75) is 6.92 Å². The van der Waals surface area contributed by atoms with E-state index in [1.807, 2.05) is 24.6 Å². The van der Waals surface area contributed by atoms with Gasteiger partial charge in [0.15, 0.2) is 0 Å². The molecule has 0 aliphatic carbocycles. The lowest BCUT2D eigenvalue weighted by atomic mass is 10.1. The van der Waals surface area contributed by atoms with Crippen molar-refractivity contribution < 1.29 is 14.4 Å². The van der Waals surface area contributed by atoms with Gasteiger partial charge in [-0.1, -0.05) is 17.7 Å². The monoisotopic (exact) mass is 343 g/mol. The normalized spacial score (nSPS) is 16.7. The van der Waals surface area contributed by atoms with E-state index in [4.69, 9.17) is 11.6 Å². The van der Waals surface area contributed by atoms with E-state index >= 15 is 0 Å². The molecule has 2 heterocycles. The van der Waals surface area contributed by atoms with Gasteiger partial charge in [0, 0.05) is 23.5 Å². The van der Waals surface area contributed by atoms with Crippen LogP contribution in [-0.2, 0) is 16.6 Å². The van der Waals surface area contributed by atoms with Crippen molar-refractivity contribution in [1.29, 1.82) is 0 Å². The molecule has 122 valence electrons. The van der Waals surface area contributed by atoms with E-state index in [1.165, 1.54) is 12.1 Å². The lowest BCUT2D eigenvalue weighted by Gasteiger charge is -2.26. The number of halogens is 1. The minimum Gasteiger partial charge on any atom is -0.348 e. The number of carbonyl (C=O) groups excluding carboxylic acids is 3. The zero-order chi connectivity index (χ0) is 17.4. The van der Waals surface area contributed by atoms with Crippen molar-refractivity contribution in [2.75, 3.05) is 4.90 Å². The van der Waals surface area contributed by atoms with E-state index in [-0.39, 0.29) is 5.57 Å². The van der Waals surface area contributed by atoms with Crippen LogP contribution in [0.1, 0.15) is 11.4 Å². The molecule has 0 radical (unpaired) electrons. The predicted molar refractivity (Wildman–Crippen MR) is 90.6 cm³/mol. The van der Waals surface area contributed by atoms with Crippen LogP contribution in [0, 0.1) is 6.92 Å². The molecule has 24 heavy (non-hydrogen) atoms. The molecule has 1 aromatic carbocycles. The second-order valence-corrected chi connectivity index (χ2v) is 5.83. The molecular formula is C17H14ClN3O3. The summed E-state index contributed by atoms with van der Waals surface area (Å²) in [5, 5.41) is 2.56. The van der Waals surface area contributed by atoms with Crippen LogP contribution in [-0.4, -0.2) is 22.4 Å². The maximum absolute atomic E-state index is 12.7. The van der Waals surface area contributed by atoms with E-state index in [9.17, 15) is 14.4 Å².